The smallest absolute Gasteiger partial charge is 0.312 e. The summed E-state index contributed by atoms with van der Waals surface area (Å²) in [6.07, 6.45) is -0.716. The first-order valence-corrected chi connectivity index (χ1v) is 8.96. The summed E-state index contributed by atoms with van der Waals surface area (Å²) in [4.78, 5) is 12.4. The molecular formula is C20H18O8. The molecule has 8 nitrogen and oxygen atoms in total. The third-order valence-corrected chi connectivity index (χ3v) is 5.35. The highest BCUT2D eigenvalue weighted by molar-refractivity contribution is 5.76. The van der Waals surface area contributed by atoms with E-state index in [1.807, 2.05) is 0 Å². The fourth-order valence-electron chi connectivity index (χ4n) is 3.88. The molecule has 0 bridgehead atoms. The number of aliphatic hydroxyl groups is 1. The van der Waals surface area contributed by atoms with E-state index in [0.29, 0.717) is 40.5 Å². The molecule has 1 unspecified atom stereocenters. The highest BCUT2D eigenvalue weighted by atomic mass is 16.7. The number of phenols is 1. The average Bonchev–Trinajstić information content (AvgIpc) is 3.41. The van der Waals surface area contributed by atoms with Crippen molar-refractivity contribution in [1.29, 1.82) is 0 Å². The number of carbonyl (C=O) groups excluding carboxylic acids is 1. The molecule has 1 saturated heterocycles. The summed E-state index contributed by atoms with van der Waals surface area (Å²) >= 11 is 0. The molecule has 3 atom stereocenters. The Kier molecular flexibility index (Phi) is 3.94. The van der Waals surface area contributed by atoms with Crippen LogP contribution in [0.15, 0.2) is 30.3 Å². The number of benzene rings is 2. The van der Waals surface area contributed by atoms with Crippen molar-refractivity contribution >= 4 is 5.97 Å². The SMILES string of the molecule is O=C1OC[C@H](Cc2cc3c(cc2O)OCO3)[C@@H]1C(O)c1ccc2c(c1)OCO2. The first-order chi connectivity index (χ1) is 13.6. The Morgan fingerprint density at radius 1 is 0.929 bits per heavy atom. The number of carbonyl (C=O) groups is 1. The summed E-state index contributed by atoms with van der Waals surface area (Å²) in [6.45, 7) is 0.403. The zero-order valence-electron chi connectivity index (χ0n) is 14.8. The van der Waals surface area contributed by atoms with Gasteiger partial charge in [0, 0.05) is 12.0 Å². The topological polar surface area (TPSA) is 104 Å². The van der Waals surface area contributed by atoms with Crippen molar-refractivity contribution in [3.8, 4) is 28.7 Å². The highest BCUT2D eigenvalue weighted by Gasteiger charge is 2.43. The first kappa shape index (κ1) is 17.0. The minimum absolute atomic E-state index is 0.0555. The molecule has 8 heteroatoms. The van der Waals surface area contributed by atoms with Crippen LogP contribution >= 0.6 is 0 Å². The van der Waals surface area contributed by atoms with Crippen molar-refractivity contribution in [1.82, 2.24) is 0 Å². The van der Waals surface area contributed by atoms with Gasteiger partial charge in [0.2, 0.25) is 13.6 Å². The van der Waals surface area contributed by atoms with Crippen LogP contribution in [0.3, 0.4) is 0 Å². The van der Waals surface area contributed by atoms with Gasteiger partial charge in [-0.05, 0) is 35.7 Å². The Morgan fingerprint density at radius 3 is 2.39 bits per heavy atom. The van der Waals surface area contributed by atoms with Gasteiger partial charge in [0.15, 0.2) is 23.0 Å². The standard InChI is InChI=1S/C20H18O8/c21-13-6-17-16(27-9-28-17)5-11(13)3-12-7-24-20(23)18(12)19(22)10-1-2-14-15(4-10)26-8-25-14/h1-2,4-6,12,18-19,21-22H,3,7-9H2/t12-,18+,19?/m0/s1. The molecule has 0 aromatic heterocycles. The van der Waals surface area contributed by atoms with Gasteiger partial charge in [0.25, 0.3) is 0 Å². The molecule has 28 heavy (non-hydrogen) atoms. The van der Waals surface area contributed by atoms with E-state index >= 15 is 0 Å². The molecule has 2 N–H and O–H groups in total. The predicted molar refractivity (Wildman–Crippen MR) is 93.4 cm³/mol. The van der Waals surface area contributed by atoms with Crippen LogP contribution in [-0.4, -0.2) is 36.4 Å². The number of fused-ring (bicyclic) bond motifs is 2. The lowest BCUT2D eigenvalue weighted by Crippen LogP contribution is -2.25. The summed E-state index contributed by atoms with van der Waals surface area (Å²) < 4.78 is 26.5. The molecule has 2 aromatic carbocycles. The maximum Gasteiger partial charge on any atom is 0.312 e. The largest absolute Gasteiger partial charge is 0.508 e. The van der Waals surface area contributed by atoms with E-state index in [2.05, 4.69) is 0 Å². The minimum atomic E-state index is -1.06. The summed E-state index contributed by atoms with van der Waals surface area (Å²) in [6, 6.07) is 8.29. The number of cyclic esters (lactones) is 1. The van der Waals surface area contributed by atoms with Gasteiger partial charge < -0.3 is 33.9 Å². The van der Waals surface area contributed by atoms with Gasteiger partial charge >= 0.3 is 5.97 Å². The molecule has 0 amide bonds. The van der Waals surface area contributed by atoms with E-state index in [9.17, 15) is 15.0 Å². The fourth-order valence-corrected chi connectivity index (χ4v) is 3.88. The van der Waals surface area contributed by atoms with Crippen LogP contribution in [0.5, 0.6) is 28.7 Å². The lowest BCUT2D eigenvalue weighted by molar-refractivity contribution is -0.144. The molecular weight excluding hydrogens is 368 g/mol. The van der Waals surface area contributed by atoms with Crippen LogP contribution in [0.2, 0.25) is 0 Å². The Hall–Kier alpha value is -3.13. The van der Waals surface area contributed by atoms with E-state index in [1.54, 1.807) is 24.3 Å². The molecule has 3 heterocycles. The van der Waals surface area contributed by atoms with Crippen molar-refractivity contribution in [2.45, 2.75) is 12.5 Å². The molecule has 3 aliphatic heterocycles. The molecule has 0 spiro atoms. The van der Waals surface area contributed by atoms with Gasteiger partial charge in [-0.1, -0.05) is 6.07 Å². The van der Waals surface area contributed by atoms with Crippen LogP contribution in [0.1, 0.15) is 17.2 Å². The first-order valence-electron chi connectivity index (χ1n) is 8.96. The fraction of sp³-hybridized carbons (Fsp3) is 0.350. The summed E-state index contributed by atoms with van der Waals surface area (Å²) in [7, 11) is 0. The van der Waals surface area contributed by atoms with E-state index < -0.39 is 18.0 Å². The van der Waals surface area contributed by atoms with Gasteiger partial charge in [-0.15, -0.1) is 0 Å². The minimum Gasteiger partial charge on any atom is -0.508 e. The maximum atomic E-state index is 12.4. The molecule has 0 saturated carbocycles. The number of aliphatic hydroxyl groups excluding tert-OH is 1. The summed E-state index contributed by atoms with van der Waals surface area (Å²) in [5, 5.41) is 21.2. The number of aromatic hydroxyl groups is 1. The Morgan fingerprint density at radius 2 is 1.61 bits per heavy atom. The van der Waals surface area contributed by atoms with Gasteiger partial charge in [0.1, 0.15) is 5.75 Å². The zero-order valence-corrected chi connectivity index (χ0v) is 14.8. The second kappa shape index (κ2) is 6.49. The quantitative estimate of drug-likeness (QED) is 0.768. The molecule has 5 rings (SSSR count). The molecule has 0 radical (unpaired) electrons. The van der Waals surface area contributed by atoms with E-state index in [0.717, 1.165) is 0 Å². The van der Waals surface area contributed by atoms with Gasteiger partial charge in [-0.3, -0.25) is 4.79 Å². The molecule has 1 fully saturated rings. The van der Waals surface area contributed by atoms with Crippen molar-refractivity contribution < 1.29 is 38.7 Å². The number of phenolic OH excluding ortho intramolecular Hbond substituents is 1. The second-order valence-electron chi connectivity index (χ2n) is 7.01. The van der Waals surface area contributed by atoms with Gasteiger partial charge in [-0.2, -0.15) is 0 Å². The summed E-state index contributed by atoms with van der Waals surface area (Å²) in [5.74, 6) is 0.697. The second-order valence-corrected chi connectivity index (χ2v) is 7.01. The van der Waals surface area contributed by atoms with Crippen molar-refractivity contribution in [3.05, 3.63) is 41.5 Å². The highest BCUT2D eigenvalue weighted by Crippen LogP contribution is 2.43. The van der Waals surface area contributed by atoms with Crippen LogP contribution in [0, 0.1) is 11.8 Å². The van der Waals surface area contributed by atoms with Crippen LogP contribution in [0.4, 0.5) is 0 Å². The normalized spacial score (nSPS) is 23.0. The predicted octanol–water partition coefficient (Wildman–Crippen LogP) is 1.91. The molecule has 2 aromatic rings. The monoisotopic (exact) mass is 386 g/mol. The average molecular weight is 386 g/mol. The number of esters is 1. The number of rotatable bonds is 4. The third kappa shape index (κ3) is 2.77. The number of hydrogen-bond acceptors (Lipinski definition) is 8. The van der Waals surface area contributed by atoms with Crippen molar-refractivity contribution in [3.63, 3.8) is 0 Å². The Labute approximate surface area is 160 Å². The van der Waals surface area contributed by atoms with Gasteiger partial charge in [0.05, 0.1) is 18.6 Å². The molecule has 146 valence electrons. The van der Waals surface area contributed by atoms with Crippen LogP contribution in [-0.2, 0) is 16.0 Å². The number of ether oxygens (including phenoxy) is 5. The third-order valence-electron chi connectivity index (χ3n) is 5.35. The lowest BCUT2D eigenvalue weighted by Gasteiger charge is -2.22. The summed E-state index contributed by atoms with van der Waals surface area (Å²) in [5.41, 5.74) is 1.16. The van der Waals surface area contributed by atoms with Crippen molar-refractivity contribution in [2.75, 3.05) is 20.2 Å². The van der Waals surface area contributed by atoms with Crippen LogP contribution in [0.25, 0.3) is 0 Å². The van der Waals surface area contributed by atoms with E-state index in [1.165, 1.54) is 6.07 Å². The van der Waals surface area contributed by atoms with E-state index in [-0.39, 0.29) is 31.9 Å². The maximum absolute atomic E-state index is 12.4. The van der Waals surface area contributed by atoms with Gasteiger partial charge in [-0.25, -0.2) is 0 Å². The Balaban J connectivity index is 1.40. The van der Waals surface area contributed by atoms with Crippen LogP contribution < -0.4 is 18.9 Å². The zero-order chi connectivity index (χ0) is 19.3. The molecule has 0 aliphatic carbocycles. The van der Waals surface area contributed by atoms with Crippen molar-refractivity contribution in [2.24, 2.45) is 11.8 Å². The number of hydrogen-bond donors (Lipinski definition) is 2. The Bertz CT molecular complexity index is 940. The lowest BCUT2D eigenvalue weighted by atomic mass is 9.82. The molecule has 3 aliphatic rings. The van der Waals surface area contributed by atoms with E-state index in [4.69, 9.17) is 23.7 Å².